The number of benzene rings is 2. The van der Waals surface area contributed by atoms with Crippen molar-refractivity contribution < 1.29 is 24.0 Å². The second-order valence-corrected chi connectivity index (χ2v) is 5.90. The summed E-state index contributed by atoms with van der Waals surface area (Å²) in [6.45, 7) is -0.112. The number of esters is 1. The van der Waals surface area contributed by atoms with Gasteiger partial charge in [-0.15, -0.1) is 0 Å². The van der Waals surface area contributed by atoms with Crippen LogP contribution in [0, 0.1) is 10.1 Å². The summed E-state index contributed by atoms with van der Waals surface area (Å²) < 4.78 is 9.87. The molecule has 0 spiro atoms. The van der Waals surface area contributed by atoms with Gasteiger partial charge in [-0.2, -0.15) is 5.10 Å². The van der Waals surface area contributed by atoms with Gasteiger partial charge in [0.05, 0.1) is 29.9 Å². The molecule has 144 valence electrons. The van der Waals surface area contributed by atoms with Gasteiger partial charge in [-0.1, -0.05) is 30.3 Å². The third-order valence-electron chi connectivity index (χ3n) is 4.13. The molecule has 9 nitrogen and oxygen atoms in total. The fourth-order valence-electron chi connectivity index (χ4n) is 2.72. The summed E-state index contributed by atoms with van der Waals surface area (Å²) in [5, 5.41) is 16.6. The van der Waals surface area contributed by atoms with Crippen LogP contribution >= 0.6 is 0 Å². The number of nitro benzene ring substituents is 1. The van der Waals surface area contributed by atoms with E-state index >= 15 is 0 Å². The lowest BCUT2D eigenvalue weighted by atomic mass is 10.1. The number of rotatable bonds is 6. The first kappa shape index (κ1) is 19.0. The molecule has 3 rings (SSSR count). The smallest absolute Gasteiger partial charge is 0.338 e. The topological polar surface area (TPSA) is 111 Å². The standard InChI is InChI=1S/C19H17N3O6/c1-27-17-8-7-14(11-16(17)22(25)26)19(24)28-12-18(23)21-10-9-15(20-21)13-5-3-2-4-6-13/h2-8,11H,9-10,12H2,1H3. The molecule has 0 radical (unpaired) electrons. The molecule has 2 aromatic carbocycles. The van der Waals surface area contributed by atoms with Crippen molar-refractivity contribution in [2.45, 2.75) is 6.42 Å². The Bertz CT molecular complexity index is 942. The van der Waals surface area contributed by atoms with E-state index in [1.54, 1.807) is 0 Å². The maximum absolute atomic E-state index is 12.2. The lowest BCUT2D eigenvalue weighted by Gasteiger charge is -2.11. The van der Waals surface area contributed by atoms with E-state index in [0.717, 1.165) is 17.3 Å². The Kier molecular flexibility index (Phi) is 5.64. The third kappa shape index (κ3) is 4.14. The van der Waals surface area contributed by atoms with Gasteiger partial charge in [0.15, 0.2) is 12.4 Å². The second-order valence-electron chi connectivity index (χ2n) is 5.90. The van der Waals surface area contributed by atoms with Gasteiger partial charge in [0.2, 0.25) is 0 Å². The molecule has 28 heavy (non-hydrogen) atoms. The van der Waals surface area contributed by atoms with Crippen molar-refractivity contribution in [3.63, 3.8) is 0 Å². The Morgan fingerprint density at radius 3 is 2.64 bits per heavy atom. The number of methoxy groups -OCH3 is 1. The van der Waals surface area contributed by atoms with E-state index in [2.05, 4.69) is 5.10 Å². The number of carbonyl (C=O) groups is 2. The van der Waals surface area contributed by atoms with Gasteiger partial charge in [-0.3, -0.25) is 14.9 Å². The van der Waals surface area contributed by atoms with Crippen LogP contribution in [0.5, 0.6) is 5.75 Å². The minimum absolute atomic E-state index is 0.0254. The number of ether oxygens (including phenoxy) is 2. The van der Waals surface area contributed by atoms with Gasteiger partial charge in [0.25, 0.3) is 5.91 Å². The molecule has 2 aromatic rings. The highest BCUT2D eigenvalue weighted by atomic mass is 16.6. The molecule has 1 heterocycles. The van der Waals surface area contributed by atoms with Crippen LogP contribution in [0.15, 0.2) is 53.6 Å². The predicted molar refractivity (Wildman–Crippen MR) is 99.2 cm³/mol. The second kappa shape index (κ2) is 8.30. The van der Waals surface area contributed by atoms with Crippen LogP contribution in [-0.2, 0) is 9.53 Å². The lowest BCUT2D eigenvalue weighted by molar-refractivity contribution is -0.385. The Morgan fingerprint density at radius 1 is 1.21 bits per heavy atom. The van der Waals surface area contributed by atoms with E-state index in [9.17, 15) is 19.7 Å². The van der Waals surface area contributed by atoms with E-state index in [4.69, 9.17) is 9.47 Å². The Labute approximate surface area is 160 Å². The molecule has 0 N–H and O–H groups in total. The first-order valence-electron chi connectivity index (χ1n) is 8.42. The number of hydrogen-bond acceptors (Lipinski definition) is 7. The highest BCUT2D eigenvalue weighted by molar-refractivity contribution is 6.02. The van der Waals surface area contributed by atoms with Crippen LogP contribution in [0.25, 0.3) is 0 Å². The van der Waals surface area contributed by atoms with E-state index < -0.39 is 23.4 Å². The molecule has 9 heteroatoms. The quantitative estimate of drug-likeness (QED) is 0.430. The highest BCUT2D eigenvalue weighted by Gasteiger charge is 2.24. The summed E-state index contributed by atoms with van der Waals surface area (Å²) >= 11 is 0. The Balaban J connectivity index is 1.62. The summed E-state index contributed by atoms with van der Waals surface area (Å²) in [7, 11) is 1.29. The van der Waals surface area contributed by atoms with Crippen molar-refractivity contribution in [3.05, 3.63) is 69.8 Å². The molecule has 0 unspecified atom stereocenters. The molecule has 0 bridgehead atoms. The van der Waals surface area contributed by atoms with Gasteiger partial charge < -0.3 is 9.47 Å². The van der Waals surface area contributed by atoms with Crippen LogP contribution in [-0.4, -0.2) is 47.8 Å². The molecule has 0 saturated carbocycles. The van der Waals surface area contributed by atoms with Crippen molar-refractivity contribution in [1.29, 1.82) is 0 Å². The molecule has 0 atom stereocenters. The van der Waals surface area contributed by atoms with Gasteiger partial charge in [-0.05, 0) is 17.7 Å². The van der Waals surface area contributed by atoms with E-state index in [1.807, 2.05) is 30.3 Å². The lowest BCUT2D eigenvalue weighted by Crippen LogP contribution is -2.28. The van der Waals surface area contributed by atoms with Crippen molar-refractivity contribution in [1.82, 2.24) is 5.01 Å². The third-order valence-corrected chi connectivity index (χ3v) is 4.13. The van der Waals surface area contributed by atoms with Crippen molar-refractivity contribution >= 4 is 23.3 Å². The van der Waals surface area contributed by atoms with Crippen LogP contribution < -0.4 is 4.74 Å². The molecule has 0 aromatic heterocycles. The molecule has 1 aliphatic rings. The van der Waals surface area contributed by atoms with Crippen LogP contribution in [0.2, 0.25) is 0 Å². The van der Waals surface area contributed by atoms with Crippen molar-refractivity contribution in [3.8, 4) is 5.75 Å². The summed E-state index contributed by atoms with van der Waals surface area (Å²) in [6.07, 6.45) is 0.606. The van der Waals surface area contributed by atoms with E-state index in [-0.39, 0.29) is 17.0 Å². The van der Waals surface area contributed by atoms with E-state index in [1.165, 1.54) is 24.3 Å². The summed E-state index contributed by atoms with van der Waals surface area (Å²) in [5.74, 6) is -1.29. The number of amides is 1. The fraction of sp³-hybridized carbons (Fsp3) is 0.211. The maximum Gasteiger partial charge on any atom is 0.338 e. The van der Waals surface area contributed by atoms with Crippen LogP contribution in [0.1, 0.15) is 22.3 Å². The number of nitro groups is 1. The summed E-state index contributed by atoms with van der Waals surface area (Å²) in [5.41, 5.74) is 1.31. The Morgan fingerprint density at radius 2 is 1.96 bits per heavy atom. The highest BCUT2D eigenvalue weighted by Crippen LogP contribution is 2.27. The zero-order chi connectivity index (χ0) is 20.1. The average molecular weight is 383 g/mol. The summed E-state index contributed by atoms with van der Waals surface area (Å²) in [4.78, 5) is 34.8. The van der Waals surface area contributed by atoms with Crippen molar-refractivity contribution in [2.24, 2.45) is 5.10 Å². The average Bonchev–Trinajstić information content (AvgIpc) is 3.22. The first-order chi connectivity index (χ1) is 13.5. The minimum Gasteiger partial charge on any atom is -0.490 e. The number of nitrogens with zero attached hydrogens (tertiary/aromatic N) is 3. The van der Waals surface area contributed by atoms with E-state index in [0.29, 0.717) is 13.0 Å². The first-order valence-corrected chi connectivity index (χ1v) is 8.42. The van der Waals surface area contributed by atoms with Gasteiger partial charge in [-0.25, -0.2) is 9.80 Å². The number of hydrazone groups is 1. The monoisotopic (exact) mass is 383 g/mol. The van der Waals surface area contributed by atoms with Crippen LogP contribution in [0.4, 0.5) is 5.69 Å². The number of carbonyl (C=O) groups excluding carboxylic acids is 2. The molecule has 0 fully saturated rings. The SMILES string of the molecule is COc1ccc(C(=O)OCC(=O)N2CCC(c3ccccc3)=N2)cc1[N+](=O)[O-]. The molecule has 1 amide bonds. The zero-order valence-corrected chi connectivity index (χ0v) is 15.0. The largest absolute Gasteiger partial charge is 0.490 e. The molecular weight excluding hydrogens is 366 g/mol. The van der Waals surface area contributed by atoms with Crippen molar-refractivity contribution in [2.75, 3.05) is 20.3 Å². The molecular formula is C19H17N3O6. The normalized spacial score (nSPS) is 13.0. The zero-order valence-electron chi connectivity index (χ0n) is 15.0. The fourth-order valence-corrected chi connectivity index (χ4v) is 2.72. The molecule has 1 aliphatic heterocycles. The summed E-state index contributed by atoms with van der Waals surface area (Å²) in [6, 6.07) is 13.2. The number of hydrogen-bond donors (Lipinski definition) is 0. The van der Waals surface area contributed by atoms with Gasteiger partial charge in [0, 0.05) is 12.5 Å². The molecule has 0 saturated heterocycles. The van der Waals surface area contributed by atoms with Crippen LogP contribution in [0.3, 0.4) is 0 Å². The molecule has 0 aliphatic carbocycles. The Hall–Kier alpha value is -3.75. The maximum atomic E-state index is 12.2. The van der Waals surface area contributed by atoms with Gasteiger partial charge in [0.1, 0.15) is 0 Å². The van der Waals surface area contributed by atoms with Gasteiger partial charge >= 0.3 is 11.7 Å². The predicted octanol–water partition coefficient (Wildman–Crippen LogP) is 2.40. The minimum atomic E-state index is -0.842.